The van der Waals surface area contributed by atoms with Crippen molar-refractivity contribution in [3.63, 3.8) is 0 Å². The van der Waals surface area contributed by atoms with E-state index in [1.165, 1.54) is 29.5 Å². The van der Waals surface area contributed by atoms with Gasteiger partial charge in [0.2, 0.25) is 0 Å². The number of non-ortho nitro benzene ring substituents is 1. The van der Waals surface area contributed by atoms with Crippen LogP contribution in [0.5, 0.6) is 0 Å². The highest BCUT2D eigenvalue weighted by atomic mass is 32.2. The smallest absolute Gasteiger partial charge is 0.268 e. The van der Waals surface area contributed by atoms with Gasteiger partial charge >= 0.3 is 0 Å². The standard InChI is InChI=1S/C15H10N2O4S2/c18-14-13(7-11-4-5-22-9-11)23-15(19)16(14)8-10-2-1-3-12(6-10)17(20)21/h1-7,9H,8H2. The van der Waals surface area contributed by atoms with E-state index < -0.39 is 4.92 Å². The third-order valence-electron chi connectivity index (χ3n) is 3.18. The average molecular weight is 346 g/mol. The number of nitro groups is 1. The van der Waals surface area contributed by atoms with Crippen LogP contribution in [0.4, 0.5) is 10.5 Å². The van der Waals surface area contributed by atoms with Gasteiger partial charge in [0.05, 0.1) is 16.4 Å². The van der Waals surface area contributed by atoms with Gasteiger partial charge in [-0.2, -0.15) is 11.3 Å². The molecular formula is C15H10N2O4S2. The average Bonchev–Trinajstić information content (AvgIpc) is 3.12. The number of thiophene rings is 1. The van der Waals surface area contributed by atoms with E-state index in [0.29, 0.717) is 10.5 Å². The molecule has 0 atom stereocenters. The monoisotopic (exact) mass is 346 g/mol. The molecule has 1 aliphatic heterocycles. The maximum atomic E-state index is 12.4. The molecule has 116 valence electrons. The van der Waals surface area contributed by atoms with Crippen LogP contribution >= 0.6 is 23.1 Å². The second kappa shape index (κ2) is 6.35. The van der Waals surface area contributed by atoms with Crippen LogP contribution in [0.3, 0.4) is 0 Å². The summed E-state index contributed by atoms with van der Waals surface area (Å²) in [4.78, 5) is 36.1. The van der Waals surface area contributed by atoms with Crippen molar-refractivity contribution in [1.29, 1.82) is 0 Å². The van der Waals surface area contributed by atoms with Crippen molar-refractivity contribution in [2.24, 2.45) is 0 Å². The van der Waals surface area contributed by atoms with Gasteiger partial charge in [0.15, 0.2) is 0 Å². The fourth-order valence-electron chi connectivity index (χ4n) is 2.10. The van der Waals surface area contributed by atoms with Crippen LogP contribution in [0.15, 0.2) is 46.0 Å². The molecule has 0 saturated carbocycles. The van der Waals surface area contributed by atoms with E-state index in [-0.39, 0.29) is 23.4 Å². The highest BCUT2D eigenvalue weighted by Crippen LogP contribution is 2.33. The first-order chi connectivity index (χ1) is 11.0. The largest absolute Gasteiger partial charge is 0.293 e. The van der Waals surface area contributed by atoms with Crippen LogP contribution in [-0.4, -0.2) is 21.0 Å². The van der Waals surface area contributed by atoms with Crippen molar-refractivity contribution in [2.75, 3.05) is 0 Å². The van der Waals surface area contributed by atoms with Gasteiger partial charge in [-0.05, 0) is 45.8 Å². The molecule has 1 aromatic heterocycles. The summed E-state index contributed by atoms with van der Waals surface area (Å²) in [5, 5.41) is 14.2. The van der Waals surface area contributed by atoms with Crippen LogP contribution in [0, 0.1) is 10.1 Å². The van der Waals surface area contributed by atoms with E-state index in [9.17, 15) is 19.7 Å². The van der Waals surface area contributed by atoms with Crippen molar-refractivity contribution in [1.82, 2.24) is 4.90 Å². The Morgan fingerprint density at radius 2 is 2.09 bits per heavy atom. The lowest BCUT2D eigenvalue weighted by molar-refractivity contribution is -0.384. The molecule has 0 unspecified atom stereocenters. The fourth-order valence-corrected chi connectivity index (χ4v) is 3.55. The van der Waals surface area contributed by atoms with Crippen molar-refractivity contribution >= 4 is 46.0 Å². The molecule has 1 fully saturated rings. The van der Waals surface area contributed by atoms with Crippen molar-refractivity contribution < 1.29 is 14.5 Å². The van der Waals surface area contributed by atoms with E-state index in [0.717, 1.165) is 22.2 Å². The first-order valence-corrected chi connectivity index (χ1v) is 8.31. The predicted octanol–water partition coefficient (Wildman–Crippen LogP) is 3.89. The topological polar surface area (TPSA) is 80.5 Å². The van der Waals surface area contributed by atoms with Gasteiger partial charge in [0.25, 0.3) is 16.8 Å². The number of amides is 2. The molecule has 6 nitrogen and oxygen atoms in total. The number of benzene rings is 1. The number of rotatable bonds is 4. The van der Waals surface area contributed by atoms with Crippen molar-refractivity contribution in [3.05, 3.63) is 67.2 Å². The summed E-state index contributed by atoms with van der Waals surface area (Å²) in [5.74, 6) is -0.377. The molecule has 0 N–H and O–H groups in total. The second-order valence-corrected chi connectivity index (χ2v) is 6.52. The lowest BCUT2D eigenvalue weighted by Crippen LogP contribution is -2.27. The second-order valence-electron chi connectivity index (χ2n) is 4.75. The molecule has 2 heterocycles. The molecule has 8 heteroatoms. The molecule has 1 aromatic carbocycles. The normalized spacial score (nSPS) is 16.3. The van der Waals surface area contributed by atoms with Gasteiger partial charge in [-0.1, -0.05) is 12.1 Å². The van der Waals surface area contributed by atoms with Gasteiger partial charge in [-0.15, -0.1) is 0 Å². The van der Waals surface area contributed by atoms with E-state index in [1.54, 1.807) is 12.1 Å². The number of hydrogen-bond donors (Lipinski definition) is 0. The molecule has 0 aliphatic carbocycles. The Morgan fingerprint density at radius 1 is 1.26 bits per heavy atom. The highest BCUT2D eigenvalue weighted by molar-refractivity contribution is 8.18. The molecule has 0 spiro atoms. The zero-order chi connectivity index (χ0) is 16.4. The van der Waals surface area contributed by atoms with Gasteiger partial charge < -0.3 is 0 Å². The Kier molecular flexibility index (Phi) is 4.26. The molecule has 2 amide bonds. The number of hydrogen-bond acceptors (Lipinski definition) is 6. The minimum absolute atomic E-state index is 0.0212. The van der Waals surface area contributed by atoms with Crippen LogP contribution < -0.4 is 0 Å². The number of nitrogens with zero attached hydrogens (tertiary/aromatic N) is 2. The third kappa shape index (κ3) is 3.33. The molecule has 23 heavy (non-hydrogen) atoms. The Balaban J connectivity index is 1.81. The van der Waals surface area contributed by atoms with Gasteiger partial charge in [-0.3, -0.25) is 24.6 Å². The van der Waals surface area contributed by atoms with E-state index in [1.807, 2.05) is 16.8 Å². The Labute approximate surface area is 139 Å². The van der Waals surface area contributed by atoms with Crippen LogP contribution in [-0.2, 0) is 11.3 Å². The summed E-state index contributed by atoms with van der Waals surface area (Å²) in [6.07, 6.45) is 1.68. The summed E-state index contributed by atoms with van der Waals surface area (Å²) >= 11 is 2.38. The highest BCUT2D eigenvalue weighted by Gasteiger charge is 2.35. The Hall–Kier alpha value is -2.45. The van der Waals surface area contributed by atoms with E-state index >= 15 is 0 Å². The third-order valence-corrected chi connectivity index (χ3v) is 4.79. The number of thioether (sulfide) groups is 1. The van der Waals surface area contributed by atoms with E-state index in [4.69, 9.17) is 0 Å². The number of carbonyl (C=O) groups excluding carboxylic acids is 2. The van der Waals surface area contributed by atoms with E-state index in [2.05, 4.69) is 0 Å². The van der Waals surface area contributed by atoms with Gasteiger partial charge in [0.1, 0.15) is 0 Å². The fraction of sp³-hybridized carbons (Fsp3) is 0.0667. The summed E-state index contributed by atoms with van der Waals surface area (Å²) in [5.41, 5.74) is 1.34. The summed E-state index contributed by atoms with van der Waals surface area (Å²) < 4.78 is 0. The SMILES string of the molecule is O=C1SC(=Cc2ccsc2)C(=O)N1Cc1cccc([N+](=O)[O-])c1. The first-order valence-electron chi connectivity index (χ1n) is 6.55. The quantitative estimate of drug-likeness (QED) is 0.476. The molecule has 3 rings (SSSR count). The Bertz CT molecular complexity index is 815. The molecule has 0 radical (unpaired) electrons. The zero-order valence-electron chi connectivity index (χ0n) is 11.7. The number of imide groups is 1. The zero-order valence-corrected chi connectivity index (χ0v) is 13.3. The molecule has 0 bridgehead atoms. The minimum Gasteiger partial charge on any atom is -0.268 e. The number of nitro benzene ring substituents is 1. The molecule has 1 aliphatic rings. The van der Waals surface area contributed by atoms with Crippen LogP contribution in [0.1, 0.15) is 11.1 Å². The molecule has 1 saturated heterocycles. The van der Waals surface area contributed by atoms with Gasteiger partial charge in [-0.25, -0.2) is 0 Å². The first kappa shape index (κ1) is 15.4. The summed E-state index contributed by atoms with van der Waals surface area (Å²) in [6.45, 7) is 0.0212. The lowest BCUT2D eigenvalue weighted by Gasteiger charge is -2.12. The number of carbonyl (C=O) groups is 2. The summed E-state index contributed by atoms with van der Waals surface area (Å²) in [6, 6.07) is 7.78. The molecule has 2 aromatic rings. The van der Waals surface area contributed by atoms with Crippen molar-refractivity contribution in [3.8, 4) is 0 Å². The lowest BCUT2D eigenvalue weighted by atomic mass is 10.2. The maximum Gasteiger partial charge on any atom is 0.293 e. The molecular weight excluding hydrogens is 336 g/mol. The van der Waals surface area contributed by atoms with Gasteiger partial charge in [0, 0.05) is 12.1 Å². The summed E-state index contributed by atoms with van der Waals surface area (Å²) in [7, 11) is 0. The predicted molar refractivity (Wildman–Crippen MR) is 88.9 cm³/mol. The van der Waals surface area contributed by atoms with Crippen LogP contribution in [0.2, 0.25) is 0 Å². The minimum atomic E-state index is -0.506. The maximum absolute atomic E-state index is 12.4. The van der Waals surface area contributed by atoms with Crippen molar-refractivity contribution in [2.45, 2.75) is 6.54 Å². The van der Waals surface area contributed by atoms with Crippen LogP contribution in [0.25, 0.3) is 6.08 Å². The Morgan fingerprint density at radius 3 is 2.78 bits per heavy atom.